The van der Waals surface area contributed by atoms with Crippen LogP contribution in [-0.4, -0.2) is 97.0 Å². The Hall–Kier alpha value is -2.40. The second kappa shape index (κ2) is 8.62. The van der Waals surface area contributed by atoms with Gasteiger partial charge < -0.3 is 19.6 Å². The number of phenols is 1. The minimum absolute atomic E-state index is 0.0654. The first-order valence-corrected chi connectivity index (χ1v) is 13.9. The van der Waals surface area contributed by atoms with Crippen LogP contribution < -0.4 is 4.90 Å². The first-order valence-electron chi connectivity index (χ1n) is 12.5. The summed E-state index contributed by atoms with van der Waals surface area (Å²) >= 11 is 0. The molecule has 1 spiro atoms. The number of nitrogens with zero attached hydrogens (tertiary/aromatic N) is 4. The average Bonchev–Trinajstić information content (AvgIpc) is 3.71. The molecule has 3 saturated heterocycles. The van der Waals surface area contributed by atoms with E-state index in [9.17, 15) is 18.3 Å². The predicted octanol–water partition coefficient (Wildman–Crippen LogP) is 1.77. The van der Waals surface area contributed by atoms with Crippen LogP contribution in [0.3, 0.4) is 0 Å². The Labute approximate surface area is 206 Å². The zero-order valence-electron chi connectivity index (χ0n) is 19.8. The molecule has 0 atom stereocenters. The van der Waals surface area contributed by atoms with Gasteiger partial charge in [-0.3, -0.25) is 4.79 Å². The smallest absolute Gasteiger partial charge is 0.282 e. The molecule has 6 rings (SSSR count). The van der Waals surface area contributed by atoms with Crippen molar-refractivity contribution in [1.82, 2.24) is 13.5 Å². The zero-order valence-corrected chi connectivity index (χ0v) is 20.6. The monoisotopic (exact) mass is 500 g/mol. The normalized spacial score (nSPS) is 24.4. The number of piperidine rings is 1. The number of benzene rings is 2. The highest BCUT2D eigenvalue weighted by molar-refractivity contribution is 7.86. The van der Waals surface area contributed by atoms with Crippen LogP contribution in [0.2, 0.25) is 0 Å². The van der Waals surface area contributed by atoms with Crippen molar-refractivity contribution in [3.05, 3.63) is 36.4 Å². The summed E-state index contributed by atoms with van der Waals surface area (Å²) in [7, 11) is -3.54. The Morgan fingerprint density at radius 3 is 2.26 bits per heavy atom. The maximum Gasteiger partial charge on any atom is 0.282 e. The molecule has 2 aromatic rings. The van der Waals surface area contributed by atoms with E-state index >= 15 is 0 Å². The fourth-order valence-electron chi connectivity index (χ4n) is 5.65. The summed E-state index contributed by atoms with van der Waals surface area (Å²) < 4.78 is 36.0. The van der Waals surface area contributed by atoms with E-state index in [-0.39, 0.29) is 18.3 Å². The van der Waals surface area contributed by atoms with Crippen LogP contribution in [0.1, 0.15) is 25.7 Å². The summed E-state index contributed by atoms with van der Waals surface area (Å²) in [6, 6.07) is 11.8. The summed E-state index contributed by atoms with van der Waals surface area (Å²) in [6.45, 7) is 3.69. The molecule has 0 unspecified atom stereocenters. The van der Waals surface area contributed by atoms with Gasteiger partial charge in [0.05, 0.1) is 12.1 Å². The number of piperazine rings is 1. The molecule has 1 saturated carbocycles. The molecule has 1 aliphatic carbocycles. The maximum absolute atomic E-state index is 13.4. The number of morpholine rings is 1. The van der Waals surface area contributed by atoms with E-state index in [1.165, 1.54) is 0 Å². The molecule has 10 heteroatoms. The summed E-state index contributed by atoms with van der Waals surface area (Å²) in [5.74, 6) is 0.312. The minimum atomic E-state index is -3.54. The van der Waals surface area contributed by atoms with Crippen LogP contribution in [-0.2, 0) is 19.7 Å². The molecule has 188 valence electrons. The van der Waals surface area contributed by atoms with Crippen molar-refractivity contribution in [3.8, 4) is 5.75 Å². The number of rotatable bonds is 4. The van der Waals surface area contributed by atoms with Gasteiger partial charge in [0.2, 0.25) is 5.91 Å². The SMILES string of the molecule is O=C1COC2(CCN(S(=O)(=O)N3CCN(c4ccc5cc(O)ccc5c4)CC3)CC2)CN1C1CC1. The van der Waals surface area contributed by atoms with Crippen molar-refractivity contribution in [1.29, 1.82) is 0 Å². The first-order chi connectivity index (χ1) is 16.8. The highest BCUT2D eigenvalue weighted by Crippen LogP contribution is 2.37. The van der Waals surface area contributed by atoms with Crippen molar-refractivity contribution >= 4 is 32.6 Å². The van der Waals surface area contributed by atoms with Gasteiger partial charge in [0.15, 0.2) is 0 Å². The van der Waals surface area contributed by atoms with Gasteiger partial charge in [0.1, 0.15) is 12.4 Å². The molecule has 0 aromatic heterocycles. The number of ether oxygens (including phenoxy) is 1. The number of hydrogen-bond donors (Lipinski definition) is 1. The average molecular weight is 501 g/mol. The van der Waals surface area contributed by atoms with Crippen LogP contribution in [0.4, 0.5) is 5.69 Å². The molecule has 2 aromatic carbocycles. The Bertz CT molecular complexity index is 1230. The maximum atomic E-state index is 13.4. The lowest BCUT2D eigenvalue weighted by atomic mass is 9.90. The Balaban J connectivity index is 1.07. The summed E-state index contributed by atoms with van der Waals surface area (Å²) in [5, 5.41) is 11.7. The molecule has 4 aliphatic rings. The van der Waals surface area contributed by atoms with E-state index < -0.39 is 15.8 Å². The molecule has 1 N–H and O–H groups in total. The molecule has 3 aliphatic heterocycles. The van der Waals surface area contributed by atoms with Gasteiger partial charge in [-0.15, -0.1) is 0 Å². The number of carbonyl (C=O) groups is 1. The molecule has 35 heavy (non-hydrogen) atoms. The third-order valence-corrected chi connectivity index (χ3v) is 10.0. The van der Waals surface area contributed by atoms with Crippen molar-refractivity contribution in [3.63, 3.8) is 0 Å². The predicted molar refractivity (Wildman–Crippen MR) is 133 cm³/mol. The third-order valence-electron chi connectivity index (χ3n) is 7.97. The molecule has 1 amide bonds. The van der Waals surface area contributed by atoms with Crippen LogP contribution in [0, 0.1) is 0 Å². The lowest BCUT2D eigenvalue weighted by Gasteiger charge is -2.47. The lowest BCUT2D eigenvalue weighted by Crippen LogP contribution is -2.61. The van der Waals surface area contributed by atoms with Gasteiger partial charge in [-0.2, -0.15) is 17.0 Å². The van der Waals surface area contributed by atoms with Crippen LogP contribution in [0.5, 0.6) is 5.75 Å². The number of hydrogen-bond acceptors (Lipinski definition) is 6. The van der Waals surface area contributed by atoms with E-state index in [0.29, 0.717) is 64.7 Å². The molecule has 9 nitrogen and oxygen atoms in total. The van der Waals surface area contributed by atoms with Gasteiger partial charge in [0, 0.05) is 51.0 Å². The van der Waals surface area contributed by atoms with Crippen LogP contribution in [0.25, 0.3) is 10.8 Å². The zero-order chi connectivity index (χ0) is 24.2. The number of phenolic OH excluding ortho intramolecular Hbond substituents is 1. The minimum Gasteiger partial charge on any atom is -0.508 e. The van der Waals surface area contributed by atoms with Crippen molar-refractivity contribution < 1.29 is 23.1 Å². The second-order valence-electron chi connectivity index (χ2n) is 10.2. The molecule has 3 heterocycles. The molecule has 0 radical (unpaired) electrons. The first kappa shape index (κ1) is 23.0. The Kier molecular flexibility index (Phi) is 5.67. The van der Waals surface area contributed by atoms with E-state index in [1.807, 2.05) is 23.1 Å². The van der Waals surface area contributed by atoms with Crippen molar-refractivity contribution in [2.75, 3.05) is 57.3 Å². The topological polar surface area (TPSA) is 93.6 Å². The summed E-state index contributed by atoms with van der Waals surface area (Å²) in [4.78, 5) is 16.4. The second-order valence-corrected chi connectivity index (χ2v) is 12.2. The molecule has 4 fully saturated rings. The van der Waals surface area contributed by atoms with E-state index in [0.717, 1.165) is 29.3 Å². The number of anilines is 1. The van der Waals surface area contributed by atoms with Gasteiger partial charge >= 0.3 is 0 Å². The highest BCUT2D eigenvalue weighted by Gasteiger charge is 2.48. The van der Waals surface area contributed by atoms with E-state index in [4.69, 9.17) is 4.74 Å². The van der Waals surface area contributed by atoms with Crippen LogP contribution in [0.15, 0.2) is 36.4 Å². The summed E-state index contributed by atoms with van der Waals surface area (Å²) in [6.07, 6.45) is 3.37. The van der Waals surface area contributed by atoms with Gasteiger partial charge in [-0.25, -0.2) is 0 Å². The fraction of sp³-hybridized carbons (Fsp3) is 0.560. The Morgan fingerprint density at radius 1 is 0.886 bits per heavy atom. The number of amides is 1. The molecule has 0 bridgehead atoms. The highest BCUT2D eigenvalue weighted by atomic mass is 32.2. The van der Waals surface area contributed by atoms with E-state index in [1.54, 1.807) is 20.7 Å². The van der Waals surface area contributed by atoms with Gasteiger partial charge in [0.25, 0.3) is 10.2 Å². The lowest BCUT2D eigenvalue weighted by molar-refractivity contribution is -0.170. The van der Waals surface area contributed by atoms with E-state index in [2.05, 4.69) is 11.0 Å². The van der Waals surface area contributed by atoms with Gasteiger partial charge in [-0.05, 0) is 60.7 Å². The number of carbonyl (C=O) groups excluding carboxylic acids is 1. The van der Waals surface area contributed by atoms with Crippen LogP contribution >= 0.6 is 0 Å². The quantitative estimate of drug-likeness (QED) is 0.688. The fourth-order valence-corrected chi connectivity index (χ4v) is 7.24. The molecular formula is C25H32N4O5S. The molecular weight excluding hydrogens is 468 g/mol. The number of aromatic hydroxyl groups is 1. The Morgan fingerprint density at radius 2 is 1.54 bits per heavy atom. The number of fused-ring (bicyclic) bond motifs is 1. The largest absolute Gasteiger partial charge is 0.508 e. The third kappa shape index (κ3) is 4.37. The van der Waals surface area contributed by atoms with Crippen molar-refractivity contribution in [2.24, 2.45) is 0 Å². The summed E-state index contributed by atoms with van der Waals surface area (Å²) in [5.41, 5.74) is 0.651. The standard InChI is InChI=1S/C25H32N4O5S/c30-23-6-2-19-15-22(3-1-20(19)16-23)26-11-13-28(14-12-26)35(32,33)27-9-7-25(8-10-27)18-29(21-4-5-21)24(31)17-34-25/h1-3,6,15-16,21,30H,4-5,7-14,17-18H2. The van der Waals surface area contributed by atoms with Gasteiger partial charge in [-0.1, -0.05) is 12.1 Å². The van der Waals surface area contributed by atoms with Crippen molar-refractivity contribution in [2.45, 2.75) is 37.3 Å².